The summed E-state index contributed by atoms with van der Waals surface area (Å²) in [6.07, 6.45) is 2.15. The molecular formula is C17H25N3O4S2. The molecule has 7 nitrogen and oxygen atoms in total. The van der Waals surface area contributed by atoms with Gasteiger partial charge in [0.05, 0.1) is 11.0 Å². The molecule has 1 aliphatic rings. The van der Waals surface area contributed by atoms with Crippen LogP contribution < -0.4 is 15.4 Å². The lowest BCUT2D eigenvalue weighted by atomic mass is 10.1. The maximum Gasteiger partial charge on any atom is 0.240 e. The van der Waals surface area contributed by atoms with Gasteiger partial charge in [-0.3, -0.25) is 4.79 Å². The monoisotopic (exact) mass is 399 g/mol. The summed E-state index contributed by atoms with van der Waals surface area (Å²) in [6, 6.07) is 6.17. The fraction of sp³-hybridized carbons (Fsp3) is 0.529. The van der Waals surface area contributed by atoms with Gasteiger partial charge in [0.1, 0.15) is 0 Å². The van der Waals surface area contributed by atoms with Gasteiger partial charge in [-0.25, -0.2) is 13.1 Å². The highest BCUT2D eigenvalue weighted by Crippen LogP contribution is 2.16. The Morgan fingerprint density at radius 2 is 2.00 bits per heavy atom. The van der Waals surface area contributed by atoms with Gasteiger partial charge in [0, 0.05) is 25.3 Å². The largest absolute Gasteiger partial charge is 0.377 e. The SMILES string of the molecule is CC(C)CC(=O)NC(=S)Nc1ccc(S(=O)(=O)NCC2CCCO2)cc1. The lowest BCUT2D eigenvalue weighted by Crippen LogP contribution is -2.34. The van der Waals surface area contributed by atoms with Gasteiger partial charge in [-0.1, -0.05) is 13.8 Å². The number of nitrogens with one attached hydrogen (secondary N) is 3. The summed E-state index contributed by atoms with van der Waals surface area (Å²) in [6.45, 7) is 4.85. The molecule has 1 aliphatic heterocycles. The fourth-order valence-corrected chi connectivity index (χ4v) is 3.82. The summed E-state index contributed by atoms with van der Waals surface area (Å²) >= 11 is 5.09. The molecule has 0 radical (unpaired) electrons. The van der Waals surface area contributed by atoms with E-state index in [0.29, 0.717) is 18.7 Å². The number of carbonyl (C=O) groups is 1. The van der Waals surface area contributed by atoms with Gasteiger partial charge in [0.2, 0.25) is 15.9 Å². The zero-order chi connectivity index (χ0) is 19.2. The predicted octanol–water partition coefficient (Wildman–Crippen LogP) is 2.00. The molecule has 0 bridgehead atoms. The number of hydrogen-bond acceptors (Lipinski definition) is 5. The van der Waals surface area contributed by atoms with Gasteiger partial charge in [0.15, 0.2) is 5.11 Å². The first-order valence-electron chi connectivity index (χ1n) is 8.58. The predicted molar refractivity (Wildman–Crippen MR) is 104 cm³/mol. The Labute approximate surface area is 159 Å². The average Bonchev–Trinajstić information content (AvgIpc) is 3.06. The van der Waals surface area contributed by atoms with Gasteiger partial charge < -0.3 is 15.4 Å². The van der Waals surface area contributed by atoms with Gasteiger partial charge in [-0.15, -0.1) is 0 Å². The Morgan fingerprint density at radius 1 is 1.31 bits per heavy atom. The summed E-state index contributed by atoms with van der Waals surface area (Å²) in [5, 5.41) is 5.64. The average molecular weight is 400 g/mol. The van der Waals surface area contributed by atoms with E-state index in [1.54, 1.807) is 12.1 Å². The van der Waals surface area contributed by atoms with E-state index >= 15 is 0 Å². The maximum atomic E-state index is 12.3. The summed E-state index contributed by atoms with van der Waals surface area (Å²) in [5.41, 5.74) is 0.595. The number of rotatable bonds is 7. The van der Waals surface area contributed by atoms with Crippen molar-refractivity contribution < 1.29 is 17.9 Å². The smallest absolute Gasteiger partial charge is 0.240 e. The second-order valence-corrected chi connectivity index (χ2v) is 8.79. The van der Waals surface area contributed by atoms with E-state index in [4.69, 9.17) is 17.0 Å². The van der Waals surface area contributed by atoms with Gasteiger partial charge in [-0.05, 0) is 55.2 Å². The topological polar surface area (TPSA) is 96.5 Å². The quantitative estimate of drug-likeness (QED) is 0.607. The fourth-order valence-electron chi connectivity index (χ4n) is 2.52. The third-order valence-electron chi connectivity index (χ3n) is 3.79. The molecule has 9 heteroatoms. The van der Waals surface area contributed by atoms with Crippen molar-refractivity contribution in [1.29, 1.82) is 0 Å². The van der Waals surface area contributed by atoms with Crippen molar-refractivity contribution >= 4 is 38.9 Å². The third-order valence-corrected chi connectivity index (χ3v) is 5.44. The molecule has 1 saturated heterocycles. The zero-order valence-corrected chi connectivity index (χ0v) is 16.6. The van der Waals surface area contributed by atoms with Crippen molar-refractivity contribution in [2.75, 3.05) is 18.5 Å². The maximum absolute atomic E-state index is 12.3. The number of carbonyl (C=O) groups excluding carboxylic acids is 1. The van der Waals surface area contributed by atoms with Crippen LogP contribution in [0.5, 0.6) is 0 Å². The third kappa shape index (κ3) is 6.64. The minimum Gasteiger partial charge on any atom is -0.377 e. The first-order chi connectivity index (χ1) is 12.3. The van der Waals surface area contributed by atoms with Crippen LogP contribution in [0.3, 0.4) is 0 Å². The van der Waals surface area contributed by atoms with E-state index in [-0.39, 0.29) is 34.5 Å². The first kappa shape index (κ1) is 20.8. The van der Waals surface area contributed by atoms with Crippen LogP contribution in [0, 0.1) is 5.92 Å². The van der Waals surface area contributed by atoms with Crippen LogP contribution in [-0.2, 0) is 19.6 Å². The molecule has 1 aromatic carbocycles. The molecule has 1 atom stereocenters. The molecule has 1 heterocycles. The first-order valence-corrected chi connectivity index (χ1v) is 10.5. The van der Waals surface area contributed by atoms with Crippen LogP contribution in [0.15, 0.2) is 29.2 Å². The van der Waals surface area contributed by atoms with Crippen molar-refractivity contribution in [2.45, 2.75) is 44.1 Å². The van der Waals surface area contributed by atoms with E-state index in [1.165, 1.54) is 12.1 Å². The Kier molecular flexibility index (Phi) is 7.51. The molecule has 2 rings (SSSR count). The summed E-state index contributed by atoms with van der Waals surface area (Å²) in [4.78, 5) is 11.8. The molecule has 1 aromatic rings. The number of thiocarbonyl (C=S) groups is 1. The Morgan fingerprint density at radius 3 is 2.58 bits per heavy atom. The Balaban J connectivity index is 1.88. The number of amides is 1. The van der Waals surface area contributed by atoms with Crippen LogP contribution in [0.4, 0.5) is 5.69 Å². The normalized spacial score (nSPS) is 17.3. The zero-order valence-electron chi connectivity index (χ0n) is 14.9. The lowest BCUT2D eigenvalue weighted by Gasteiger charge is -2.13. The van der Waals surface area contributed by atoms with Crippen molar-refractivity contribution in [3.8, 4) is 0 Å². The molecule has 1 unspecified atom stereocenters. The molecule has 0 saturated carbocycles. The van der Waals surface area contributed by atoms with E-state index < -0.39 is 10.0 Å². The van der Waals surface area contributed by atoms with Gasteiger partial charge in [0.25, 0.3) is 0 Å². The van der Waals surface area contributed by atoms with E-state index in [1.807, 2.05) is 13.8 Å². The minimum absolute atomic E-state index is 0.0578. The van der Waals surface area contributed by atoms with Crippen LogP contribution in [0.2, 0.25) is 0 Å². The van der Waals surface area contributed by atoms with E-state index in [0.717, 1.165) is 12.8 Å². The molecule has 26 heavy (non-hydrogen) atoms. The van der Waals surface area contributed by atoms with Crippen molar-refractivity contribution in [3.05, 3.63) is 24.3 Å². The molecular weight excluding hydrogens is 374 g/mol. The summed E-state index contributed by atoms with van der Waals surface area (Å²) in [5.74, 6) is 0.0828. The van der Waals surface area contributed by atoms with Gasteiger partial charge in [-0.2, -0.15) is 0 Å². The number of ether oxygens (including phenoxy) is 1. The molecule has 0 spiro atoms. The molecule has 144 valence electrons. The van der Waals surface area contributed by atoms with Crippen molar-refractivity contribution in [3.63, 3.8) is 0 Å². The van der Waals surface area contributed by atoms with Crippen LogP contribution >= 0.6 is 12.2 Å². The number of hydrogen-bond donors (Lipinski definition) is 3. The molecule has 1 amide bonds. The standard InChI is InChI=1S/C17H25N3O4S2/c1-12(2)10-16(21)20-17(25)19-13-5-7-15(8-6-13)26(22,23)18-11-14-4-3-9-24-14/h5-8,12,14,18H,3-4,9-11H2,1-2H3,(H2,19,20,21,25). The number of benzene rings is 1. The Hall–Kier alpha value is -1.55. The highest BCUT2D eigenvalue weighted by Gasteiger charge is 2.20. The summed E-state index contributed by atoms with van der Waals surface area (Å²) < 4.78 is 32.6. The van der Waals surface area contributed by atoms with Crippen molar-refractivity contribution in [2.24, 2.45) is 5.92 Å². The van der Waals surface area contributed by atoms with Crippen LogP contribution in [0.25, 0.3) is 0 Å². The minimum atomic E-state index is -3.59. The van der Waals surface area contributed by atoms with E-state index in [9.17, 15) is 13.2 Å². The van der Waals surface area contributed by atoms with Gasteiger partial charge >= 0.3 is 0 Å². The molecule has 1 fully saturated rings. The number of sulfonamides is 1. The second kappa shape index (κ2) is 9.40. The molecule has 0 aliphatic carbocycles. The molecule has 0 aromatic heterocycles. The van der Waals surface area contributed by atoms with Crippen LogP contribution in [0.1, 0.15) is 33.1 Å². The Bertz CT molecular complexity index is 727. The summed E-state index contributed by atoms with van der Waals surface area (Å²) in [7, 11) is -3.59. The number of anilines is 1. The van der Waals surface area contributed by atoms with Crippen molar-refractivity contribution in [1.82, 2.24) is 10.0 Å². The highest BCUT2D eigenvalue weighted by molar-refractivity contribution is 7.89. The van der Waals surface area contributed by atoms with E-state index in [2.05, 4.69) is 15.4 Å². The lowest BCUT2D eigenvalue weighted by molar-refractivity contribution is -0.120. The highest BCUT2D eigenvalue weighted by atomic mass is 32.2. The van der Waals surface area contributed by atoms with Crippen LogP contribution in [-0.4, -0.2) is 38.7 Å². The second-order valence-electron chi connectivity index (χ2n) is 6.61. The molecule has 3 N–H and O–H groups in total.